The first kappa shape index (κ1) is 18.1. The van der Waals surface area contributed by atoms with Gasteiger partial charge >= 0.3 is 0 Å². The predicted molar refractivity (Wildman–Crippen MR) is 112 cm³/mol. The summed E-state index contributed by atoms with van der Waals surface area (Å²) in [5.41, 5.74) is 2.36. The predicted octanol–water partition coefficient (Wildman–Crippen LogP) is 4.40. The number of para-hydroxylation sites is 2. The second kappa shape index (κ2) is 8.15. The van der Waals surface area contributed by atoms with Gasteiger partial charge in [0.25, 0.3) is 0 Å². The summed E-state index contributed by atoms with van der Waals surface area (Å²) in [7, 11) is 0. The van der Waals surface area contributed by atoms with Crippen molar-refractivity contribution in [2.75, 3.05) is 44.2 Å². The number of hydrogen-bond donors (Lipinski definition) is 0. The molecule has 0 aliphatic carbocycles. The zero-order valence-corrected chi connectivity index (χ0v) is 16.3. The molecule has 2 aromatic carbocycles. The van der Waals surface area contributed by atoms with Crippen LogP contribution in [0.25, 0.3) is 10.9 Å². The molecular formula is C22H24ClN3O. The first-order chi connectivity index (χ1) is 13.2. The van der Waals surface area contributed by atoms with Gasteiger partial charge in [-0.1, -0.05) is 41.9 Å². The Morgan fingerprint density at radius 2 is 1.74 bits per heavy atom. The highest BCUT2D eigenvalue weighted by Crippen LogP contribution is 2.24. The maximum Gasteiger partial charge on any atom is 0.137 e. The van der Waals surface area contributed by atoms with Crippen molar-refractivity contribution < 1.29 is 4.74 Å². The number of pyridine rings is 1. The highest BCUT2D eigenvalue weighted by atomic mass is 35.5. The van der Waals surface area contributed by atoms with Gasteiger partial charge in [-0.3, -0.25) is 4.90 Å². The summed E-state index contributed by atoms with van der Waals surface area (Å²) < 4.78 is 5.82. The molecule has 1 saturated heterocycles. The lowest BCUT2D eigenvalue weighted by Gasteiger charge is -2.35. The number of rotatable bonds is 5. The second-order valence-corrected chi connectivity index (χ2v) is 7.33. The van der Waals surface area contributed by atoms with E-state index in [0.29, 0.717) is 11.6 Å². The molecule has 2 heterocycles. The van der Waals surface area contributed by atoms with Crippen molar-refractivity contribution in [2.24, 2.45) is 0 Å². The second-order valence-electron chi connectivity index (χ2n) is 6.92. The Kier molecular flexibility index (Phi) is 5.46. The summed E-state index contributed by atoms with van der Waals surface area (Å²) in [6.07, 6.45) is 0. The molecule has 5 heteroatoms. The fraction of sp³-hybridized carbons (Fsp3) is 0.318. The number of benzene rings is 2. The van der Waals surface area contributed by atoms with E-state index in [9.17, 15) is 0 Å². The van der Waals surface area contributed by atoms with Gasteiger partial charge in [-0.25, -0.2) is 4.98 Å². The van der Waals surface area contributed by atoms with Crippen molar-refractivity contribution in [2.45, 2.75) is 6.92 Å². The zero-order valence-electron chi connectivity index (χ0n) is 15.6. The number of hydrogen-bond acceptors (Lipinski definition) is 4. The van der Waals surface area contributed by atoms with Crippen molar-refractivity contribution >= 4 is 28.3 Å². The van der Waals surface area contributed by atoms with Crippen LogP contribution in [-0.4, -0.2) is 49.2 Å². The number of aryl methyl sites for hydroxylation is 1. The van der Waals surface area contributed by atoms with Crippen molar-refractivity contribution in [3.8, 4) is 5.75 Å². The van der Waals surface area contributed by atoms with Crippen molar-refractivity contribution in [3.05, 3.63) is 65.2 Å². The number of piperazine rings is 1. The Morgan fingerprint density at radius 3 is 2.56 bits per heavy atom. The van der Waals surface area contributed by atoms with Gasteiger partial charge in [0.2, 0.25) is 0 Å². The van der Waals surface area contributed by atoms with Gasteiger partial charge in [0.15, 0.2) is 0 Å². The maximum atomic E-state index is 6.13. The van der Waals surface area contributed by atoms with E-state index in [4.69, 9.17) is 21.3 Å². The molecule has 1 fully saturated rings. The summed E-state index contributed by atoms with van der Waals surface area (Å²) in [5.74, 6) is 1.84. The van der Waals surface area contributed by atoms with E-state index in [2.05, 4.69) is 47.1 Å². The van der Waals surface area contributed by atoms with E-state index in [1.54, 1.807) is 0 Å². The minimum atomic E-state index is 0.650. The molecule has 0 radical (unpaired) electrons. The lowest BCUT2D eigenvalue weighted by atomic mass is 10.1. The van der Waals surface area contributed by atoms with Gasteiger partial charge < -0.3 is 9.64 Å². The van der Waals surface area contributed by atoms with Crippen LogP contribution in [0.15, 0.2) is 54.6 Å². The molecule has 0 amide bonds. The summed E-state index contributed by atoms with van der Waals surface area (Å²) in [6.45, 7) is 7.71. The molecule has 140 valence electrons. The molecule has 1 aliphatic heterocycles. The lowest BCUT2D eigenvalue weighted by molar-refractivity contribution is 0.200. The molecule has 0 bridgehead atoms. The van der Waals surface area contributed by atoms with Gasteiger partial charge in [0, 0.05) is 38.1 Å². The molecule has 0 unspecified atom stereocenters. The van der Waals surface area contributed by atoms with Crippen molar-refractivity contribution in [1.82, 2.24) is 9.88 Å². The molecule has 3 aromatic rings. The molecule has 4 nitrogen and oxygen atoms in total. The van der Waals surface area contributed by atoms with E-state index in [1.165, 1.54) is 10.9 Å². The van der Waals surface area contributed by atoms with Crippen LogP contribution < -0.4 is 9.64 Å². The van der Waals surface area contributed by atoms with Crippen LogP contribution in [0.2, 0.25) is 5.02 Å². The van der Waals surface area contributed by atoms with Crippen LogP contribution >= 0.6 is 11.6 Å². The van der Waals surface area contributed by atoms with Gasteiger partial charge in [-0.2, -0.15) is 0 Å². The van der Waals surface area contributed by atoms with Crippen LogP contribution in [0.3, 0.4) is 0 Å². The molecule has 27 heavy (non-hydrogen) atoms. The van der Waals surface area contributed by atoms with Crippen LogP contribution in [0, 0.1) is 6.92 Å². The minimum Gasteiger partial charge on any atom is -0.491 e. The Morgan fingerprint density at radius 1 is 1.00 bits per heavy atom. The van der Waals surface area contributed by atoms with E-state index < -0.39 is 0 Å². The number of fused-ring (bicyclic) bond motifs is 1. The Bertz CT molecular complexity index is 922. The molecule has 0 saturated carbocycles. The summed E-state index contributed by atoms with van der Waals surface area (Å²) in [6, 6.07) is 18.2. The monoisotopic (exact) mass is 381 g/mol. The Labute approximate surface area is 165 Å². The topological polar surface area (TPSA) is 28.6 Å². The number of anilines is 1. The highest BCUT2D eigenvalue weighted by molar-refractivity contribution is 6.32. The Hall–Kier alpha value is -2.30. The van der Waals surface area contributed by atoms with E-state index in [-0.39, 0.29) is 0 Å². The number of nitrogens with zero attached hydrogens (tertiary/aromatic N) is 3. The van der Waals surface area contributed by atoms with Gasteiger partial charge in [0.1, 0.15) is 18.2 Å². The average molecular weight is 382 g/mol. The summed E-state index contributed by atoms with van der Waals surface area (Å²) >= 11 is 6.13. The molecular weight excluding hydrogens is 358 g/mol. The van der Waals surface area contributed by atoms with Crippen molar-refractivity contribution in [3.63, 3.8) is 0 Å². The van der Waals surface area contributed by atoms with Crippen molar-refractivity contribution in [1.29, 1.82) is 0 Å². The largest absolute Gasteiger partial charge is 0.491 e. The fourth-order valence-corrected chi connectivity index (χ4v) is 3.73. The first-order valence-corrected chi connectivity index (χ1v) is 9.79. The van der Waals surface area contributed by atoms with Crippen LogP contribution in [0.1, 0.15) is 5.56 Å². The Balaban J connectivity index is 1.32. The van der Waals surface area contributed by atoms with Crippen LogP contribution in [0.5, 0.6) is 5.75 Å². The number of ether oxygens (including phenoxy) is 1. The molecule has 1 aliphatic rings. The van der Waals surface area contributed by atoms with Crippen LogP contribution in [0.4, 0.5) is 5.82 Å². The summed E-state index contributed by atoms with van der Waals surface area (Å²) in [4.78, 5) is 9.68. The van der Waals surface area contributed by atoms with Crippen LogP contribution in [-0.2, 0) is 0 Å². The average Bonchev–Trinajstić information content (AvgIpc) is 2.70. The minimum absolute atomic E-state index is 0.650. The standard InChI is InChI=1S/C22H24ClN3O/c1-17-16-22(24-20-8-4-2-6-18(17)20)26-12-10-25(11-13-26)14-15-27-21-9-5-3-7-19(21)23/h2-9,16H,10-15H2,1H3. The lowest BCUT2D eigenvalue weighted by Crippen LogP contribution is -2.47. The smallest absolute Gasteiger partial charge is 0.137 e. The zero-order chi connectivity index (χ0) is 18.6. The van der Waals surface area contributed by atoms with Gasteiger partial charge in [-0.15, -0.1) is 0 Å². The first-order valence-electron chi connectivity index (χ1n) is 9.42. The van der Waals surface area contributed by atoms with Gasteiger partial charge in [0.05, 0.1) is 10.5 Å². The van der Waals surface area contributed by atoms with E-state index >= 15 is 0 Å². The molecule has 4 rings (SSSR count). The van der Waals surface area contributed by atoms with Gasteiger partial charge in [-0.05, 0) is 36.8 Å². The third kappa shape index (κ3) is 4.18. The molecule has 0 N–H and O–H groups in total. The quantitative estimate of drug-likeness (QED) is 0.655. The third-order valence-electron chi connectivity index (χ3n) is 5.11. The number of halogens is 1. The van der Waals surface area contributed by atoms with E-state index in [1.807, 2.05) is 24.3 Å². The SMILES string of the molecule is Cc1cc(N2CCN(CCOc3ccccc3Cl)CC2)nc2ccccc12. The normalized spacial score (nSPS) is 15.3. The molecule has 0 atom stereocenters. The molecule has 0 spiro atoms. The maximum absolute atomic E-state index is 6.13. The molecule has 1 aromatic heterocycles. The fourth-order valence-electron chi connectivity index (χ4n) is 3.54. The number of aromatic nitrogens is 1. The van der Waals surface area contributed by atoms with E-state index in [0.717, 1.165) is 49.8 Å². The summed E-state index contributed by atoms with van der Waals surface area (Å²) in [5, 5.41) is 1.90. The third-order valence-corrected chi connectivity index (χ3v) is 5.42. The highest BCUT2D eigenvalue weighted by Gasteiger charge is 2.18.